The molecular weight excluding hydrogens is 402 g/mol. The van der Waals surface area contributed by atoms with Gasteiger partial charge in [-0.1, -0.05) is 12.1 Å². The van der Waals surface area contributed by atoms with Crippen LogP contribution < -0.4 is 19.3 Å². The van der Waals surface area contributed by atoms with Crippen LogP contribution in [0.1, 0.15) is 25.3 Å². The number of carbonyl (C=O) groups excluding carboxylic acids is 1. The van der Waals surface area contributed by atoms with Crippen LogP contribution in [0.2, 0.25) is 0 Å². The predicted octanol–water partition coefficient (Wildman–Crippen LogP) is 2.77. The van der Waals surface area contributed by atoms with Crippen molar-refractivity contribution in [1.29, 1.82) is 0 Å². The molecule has 1 N–H and O–H groups in total. The average Bonchev–Trinajstić information content (AvgIpc) is 3.27. The van der Waals surface area contributed by atoms with Crippen molar-refractivity contribution in [2.45, 2.75) is 32.4 Å². The Morgan fingerprint density at radius 2 is 1.70 bits per heavy atom. The molecule has 7 nitrogen and oxygen atoms in total. The third kappa shape index (κ3) is 5.24. The highest BCUT2D eigenvalue weighted by Crippen LogP contribution is 2.24. The number of hydrogen-bond donors (Lipinski definition) is 1. The predicted molar refractivity (Wildman–Crippen MR) is 120 cm³/mol. The van der Waals surface area contributed by atoms with E-state index in [2.05, 4.69) is 22.3 Å². The summed E-state index contributed by atoms with van der Waals surface area (Å²) < 4.78 is 31.0. The first-order valence-electron chi connectivity index (χ1n) is 10.0. The van der Waals surface area contributed by atoms with Gasteiger partial charge in [0.25, 0.3) is 0 Å². The Morgan fingerprint density at radius 3 is 2.23 bits per heavy atom. The van der Waals surface area contributed by atoms with Crippen molar-refractivity contribution in [3.63, 3.8) is 0 Å². The molecule has 1 atom stereocenters. The number of anilines is 2. The number of benzene rings is 2. The molecule has 2 aromatic carbocycles. The Hall–Kier alpha value is -2.74. The van der Waals surface area contributed by atoms with Crippen molar-refractivity contribution in [3.05, 3.63) is 54.1 Å². The van der Waals surface area contributed by atoms with Crippen LogP contribution in [0.5, 0.6) is 5.75 Å². The fourth-order valence-electron chi connectivity index (χ4n) is 3.67. The van der Waals surface area contributed by atoms with E-state index in [-0.39, 0.29) is 5.91 Å². The first kappa shape index (κ1) is 22.0. The van der Waals surface area contributed by atoms with Crippen LogP contribution >= 0.6 is 0 Å². The van der Waals surface area contributed by atoms with Crippen molar-refractivity contribution in [2.75, 3.05) is 35.7 Å². The van der Waals surface area contributed by atoms with Gasteiger partial charge in [0.15, 0.2) is 0 Å². The molecule has 0 aliphatic carbocycles. The van der Waals surface area contributed by atoms with E-state index >= 15 is 0 Å². The lowest BCUT2D eigenvalue weighted by Gasteiger charge is -2.28. The molecule has 0 radical (unpaired) electrons. The van der Waals surface area contributed by atoms with Crippen molar-refractivity contribution < 1.29 is 17.9 Å². The van der Waals surface area contributed by atoms with Gasteiger partial charge in [0, 0.05) is 25.3 Å². The highest BCUT2D eigenvalue weighted by atomic mass is 32.2. The number of rotatable bonds is 8. The molecule has 8 heteroatoms. The molecule has 3 rings (SSSR count). The summed E-state index contributed by atoms with van der Waals surface area (Å²) in [6.45, 7) is 4.08. The van der Waals surface area contributed by atoms with Gasteiger partial charge >= 0.3 is 0 Å². The van der Waals surface area contributed by atoms with E-state index < -0.39 is 16.1 Å². The lowest BCUT2D eigenvalue weighted by Crippen LogP contribution is -2.47. The maximum Gasteiger partial charge on any atom is 0.243 e. The van der Waals surface area contributed by atoms with Gasteiger partial charge < -0.3 is 15.0 Å². The Labute approximate surface area is 178 Å². The standard InChI is InChI=1S/C22H29N3O4S/c1-17(25(30(3,27)28)20-10-12-21(29-2)13-11-20)22(26)23-16-18-6-8-19(9-7-18)24-14-4-5-15-24/h6-13,17H,4-5,14-16H2,1-3H3,(H,23,26)/t17-/m1/s1. The zero-order valence-electron chi connectivity index (χ0n) is 17.7. The van der Waals surface area contributed by atoms with E-state index in [1.54, 1.807) is 31.2 Å². The van der Waals surface area contributed by atoms with E-state index in [0.29, 0.717) is 18.0 Å². The number of hydrogen-bond acceptors (Lipinski definition) is 5. The monoisotopic (exact) mass is 431 g/mol. The minimum atomic E-state index is -3.65. The van der Waals surface area contributed by atoms with E-state index in [1.807, 2.05) is 12.1 Å². The van der Waals surface area contributed by atoms with Crippen LogP contribution in [0.15, 0.2) is 48.5 Å². The molecule has 1 heterocycles. The molecule has 30 heavy (non-hydrogen) atoms. The highest BCUT2D eigenvalue weighted by Gasteiger charge is 2.29. The van der Waals surface area contributed by atoms with Crippen molar-refractivity contribution in [2.24, 2.45) is 0 Å². The topological polar surface area (TPSA) is 79.0 Å². The Bertz CT molecular complexity index is 953. The van der Waals surface area contributed by atoms with Gasteiger partial charge in [-0.2, -0.15) is 0 Å². The van der Waals surface area contributed by atoms with Crippen molar-refractivity contribution >= 4 is 27.3 Å². The number of nitrogens with zero attached hydrogens (tertiary/aromatic N) is 2. The van der Waals surface area contributed by atoms with E-state index in [1.165, 1.54) is 25.6 Å². The second-order valence-electron chi connectivity index (χ2n) is 7.51. The van der Waals surface area contributed by atoms with Gasteiger partial charge in [-0.15, -0.1) is 0 Å². The van der Waals surface area contributed by atoms with Crippen LogP contribution in [0.3, 0.4) is 0 Å². The molecule has 2 aromatic rings. The van der Waals surface area contributed by atoms with Crippen LogP contribution in [-0.2, 0) is 21.4 Å². The molecule has 0 spiro atoms. The van der Waals surface area contributed by atoms with E-state index in [0.717, 1.165) is 29.2 Å². The zero-order chi connectivity index (χ0) is 21.7. The lowest BCUT2D eigenvalue weighted by atomic mass is 10.2. The maximum atomic E-state index is 12.7. The molecule has 0 bridgehead atoms. The van der Waals surface area contributed by atoms with Gasteiger partial charge in [0.2, 0.25) is 15.9 Å². The summed E-state index contributed by atoms with van der Waals surface area (Å²) in [6.07, 6.45) is 3.54. The quantitative estimate of drug-likeness (QED) is 0.695. The average molecular weight is 432 g/mol. The third-order valence-electron chi connectivity index (χ3n) is 5.29. The van der Waals surface area contributed by atoms with Gasteiger partial charge in [-0.25, -0.2) is 8.42 Å². The number of carbonyl (C=O) groups is 1. The third-order valence-corrected chi connectivity index (χ3v) is 6.53. The van der Waals surface area contributed by atoms with Crippen LogP contribution in [-0.4, -0.2) is 46.8 Å². The molecule has 1 aliphatic heterocycles. The minimum absolute atomic E-state index is 0.337. The number of nitrogens with one attached hydrogen (secondary N) is 1. The molecular formula is C22H29N3O4S. The highest BCUT2D eigenvalue weighted by molar-refractivity contribution is 7.92. The second-order valence-corrected chi connectivity index (χ2v) is 9.37. The summed E-state index contributed by atoms with van der Waals surface area (Å²) in [7, 11) is -2.11. The first-order valence-corrected chi connectivity index (χ1v) is 11.9. The Kier molecular flexibility index (Phi) is 6.87. The summed E-state index contributed by atoms with van der Waals surface area (Å²) >= 11 is 0. The second kappa shape index (κ2) is 9.38. The Morgan fingerprint density at radius 1 is 1.10 bits per heavy atom. The van der Waals surface area contributed by atoms with Crippen LogP contribution in [0, 0.1) is 0 Å². The smallest absolute Gasteiger partial charge is 0.243 e. The molecule has 0 aromatic heterocycles. The molecule has 0 saturated carbocycles. The normalized spacial score (nSPS) is 15.0. The number of ether oxygens (including phenoxy) is 1. The summed E-state index contributed by atoms with van der Waals surface area (Å²) in [5.74, 6) is 0.251. The lowest BCUT2D eigenvalue weighted by molar-refractivity contribution is -0.122. The van der Waals surface area contributed by atoms with Crippen molar-refractivity contribution in [3.8, 4) is 5.75 Å². The number of amides is 1. The zero-order valence-corrected chi connectivity index (χ0v) is 18.5. The van der Waals surface area contributed by atoms with Gasteiger partial charge in [0.1, 0.15) is 11.8 Å². The van der Waals surface area contributed by atoms with E-state index in [4.69, 9.17) is 4.74 Å². The molecule has 1 fully saturated rings. The summed E-state index contributed by atoms with van der Waals surface area (Å²) in [6, 6.07) is 13.8. The summed E-state index contributed by atoms with van der Waals surface area (Å²) in [4.78, 5) is 15.1. The van der Waals surface area contributed by atoms with Gasteiger partial charge in [-0.3, -0.25) is 9.10 Å². The number of methoxy groups -OCH3 is 1. The largest absolute Gasteiger partial charge is 0.497 e. The first-order chi connectivity index (χ1) is 14.3. The van der Waals surface area contributed by atoms with Gasteiger partial charge in [0.05, 0.1) is 19.1 Å². The molecule has 1 amide bonds. The summed E-state index contributed by atoms with van der Waals surface area (Å²) in [5, 5.41) is 2.85. The fourth-order valence-corrected chi connectivity index (χ4v) is 4.85. The number of sulfonamides is 1. The van der Waals surface area contributed by atoms with Crippen LogP contribution in [0.4, 0.5) is 11.4 Å². The maximum absolute atomic E-state index is 12.7. The van der Waals surface area contributed by atoms with E-state index in [9.17, 15) is 13.2 Å². The molecule has 1 saturated heterocycles. The minimum Gasteiger partial charge on any atom is -0.497 e. The van der Waals surface area contributed by atoms with Crippen molar-refractivity contribution in [1.82, 2.24) is 5.32 Å². The van der Waals surface area contributed by atoms with Crippen LogP contribution in [0.25, 0.3) is 0 Å². The molecule has 1 aliphatic rings. The fraction of sp³-hybridized carbons (Fsp3) is 0.409. The SMILES string of the molecule is COc1ccc(N([C@H](C)C(=O)NCc2ccc(N3CCCC3)cc2)S(C)(=O)=O)cc1. The molecule has 0 unspecified atom stereocenters. The molecule has 162 valence electrons. The Balaban J connectivity index is 1.66. The van der Waals surface area contributed by atoms with Gasteiger partial charge in [-0.05, 0) is 61.7 Å². The summed E-state index contributed by atoms with van der Waals surface area (Å²) in [5.41, 5.74) is 2.57.